The van der Waals surface area contributed by atoms with Gasteiger partial charge >= 0.3 is 5.97 Å². The molecule has 17 heavy (non-hydrogen) atoms. The highest BCUT2D eigenvalue weighted by atomic mass is 35.5. The van der Waals surface area contributed by atoms with Crippen LogP contribution in [-0.2, 0) is 0 Å². The third-order valence-corrected chi connectivity index (χ3v) is 2.76. The zero-order valence-corrected chi connectivity index (χ0v) is 9.90. The molecule has 1 aromatic heterocycles. The van der Waals surface area contributed by atoms with Gasteiger partial charge in [-0.1, -0.05) is 41.4 Å². The van der Waals surface area contributed by atoms with Gasteiger partial charge in [-0.15, -0.1) is 0 Å². The van der Waals surface area contributed by atoms with E-state index in [1.165, 1.54) is 6.07 Å². The van der Waals surface area contributed by atoms with Crippen LogP contribution in [0, 0.1) is 6.92 Å². The number of nitrogens with zero attached hydrogens (tertiary/aromatic N) is 1. The van der Waals surface area contributed by atoms with E-state index < -0.39 is 5.97 Å². The monoisotopic (exact) mass is 247 g/mol. The fourth-order valence-electron chi connectivity index (χ4n) is 1.50. The van der Waals surface area contributed by atoms with Crippen LogP contribution in [0.25, 0.3) is 11.1 Å². The highest BCUT2D eigenvalue weighted by Gasteiger charge is 2.11. The van der Waals surface area contributed by atoms with Crippen molar-refractivity contribution in [1.29, 1.82) is 0 Å². The van der Waals surface area contributed by atoms with Crippen molar-refractivity contribution in [2.24, 2.45) is 0 Å². The van der Waals surface area contributed by atoms with Crippen LogP contribution in [0.4, 0.5) is 0 Å². The smallest absolute Gasteiger partial charge is 0.338 e. The molecule has 0 fully saturated rings. The fraction of sp³-hybridized carbons (Fsp3) is 0.0769. The summed E-state index contributed by atoms with van der Waals surface area (Å²) in [5.41, 5.74) is 2.83. The first-order chi connectivity index (χ1) is 8.08. The number of aromatic nitrogens is 1. The number of halogens is 1. The van der Waals surface area contributed by atoms with Crippen LogP contribution < -0.4 is 0 Å². The Morgan fingerprint density at radius 3 is 2.47 bits per heavy atom. The molecule has 1 aromatic carbocycles. The topological polar surface area (TPSA) is 50.2 Å². The van der Waals surface area contributed by atoms with Gasteiger partial charge in [0.05, 0.1) is 5.56 Å². The summed E-state index contributed by atoms with van der Waals surface area (Å²) in [6.45, 7) is 1.99. The highest BCUT2D eigenvalue weighted by Crippen LogP contribution is 2.23. The number of carboxylic acid groups (broad SMARTS) is 1. The number of rotatable bonds is 2. The quantitative estimate of drug-likeness (QED) is 0.828. The zero-order chi connectivity index (χ0) is 12.4. The number of carboxylic acids is 1. The molecule has 0 aliphatic heterocycles. The van der Waals surface area contributed by atoms with Crippen molar-refractivity contribution >= 4 is 17.6 Å². The Morgan fingerprint density at radius 1 is 1.24 bits per heavy atom. The van der Waals surface area contributed by atoms with Gasteiger partial charge in [0.25, 0.3) is 0 Å². The summed E-state index contributed by atoms with van der Waals surface area (Å²) in [5, 5.41) is 8.96. The van der Waals surface area contributed by atoms with Gasteiger partial charge < -0.3 is 5.11 Å². The summed E-state index contributed by atoms with van der Waals surface area (Å²) < 4.78 is 0. The van der Waals surface area contributed by atoms with Crippen LogP contribution in [-0.4, -0.2) is 16.1 Å². The summed E-state index contributed by atoms with van der Waals surface area (Å²) in [7, 11) is 0. The van der Waals surface area contributed by atoms with Crippen molar-refractivity contribution in [2.45, 2.75) is 6.92 Å². The van der Waals surface area contributed by atoms with E-state index in [0.29, 0.717) is 0 Å². The Morgan fingerprint density at radius 2 is 1.88 bits per heavy atom. The molecular weight excluding hydrogens is 238 g/mol. The first-order valence-corrected chi connectivity index (χ1v) is 5.41. The van der Waals surface area contributed by atoms with Crippen LogP contribution in [0.5, 0.6) is 0 Å². The number of carbonyl (C=O) groups is 1. The van der Waals surface area contributed by atoms with E-state index >= 15 is 0 Å². The summed E-state index contributed by atoms with van der Waals surface area (Å²) in [6, 6.07) is 9.30. The number of hydrogen-bond acceptors (Lipinski definition) is 2. The van der Waals surface area contributed by atoms with Gasteiger partial charge in [0.2, 0.25) is 0 Å². The third-order valence-electron chi connectivity index (χ3n) is 2.45. The molecule has 0 atom stereocenters. The van der Waals surface area contributed by atoms with E-state index in [-0.39, 0.29) is 10.7 Å². The molecule has 0 aliphatic carbocycles. The van der Waals surface area contributed by atoms with Crippen molar-refractivity contribution in [2.75, 3.05) is 0 Å². The van der Waals surface area contributed by atoms with E-state index in [4.69, 9.17) is 16.7 Å². The Hall–Kier alpha value is -1.87. The van der Waals surface area contributed by atoms with Crippen LogP contribution >= 0.6 is 11.6 Å². The molecule has 2 aromatic rings. The molecule has 2 rings (SSSR count). The second kappa shape index (κ2) is 4.55. The first kappa shape index (κ1) is 11.6. The van der Waals surface area contributed by atoms with Crippen molar-refractivity contribution in [3.63, 3.8) is 0 Å². The van der Waals surface area contributed by atoms with E-state index in [1.54, 1.807) is 6.20 Å². The second-order valence-corrected chi connectivity index (χ2v) is 4.09. The predicted molar refractivity (Wildman–Crippen MR) is 66.4 cm³/mol. The molecule has 0 unspecified atom stereocenters. The SMILES string of the molecule is Cc1ccc(-c2cnc(Cl)c(C(=O)O)c2)cc1. The Kier molecular flexibility index (Phi) is 3.11. The van der Waals surface area contributed by atoms with Crippen molar-refractivity contribution in [1.82, 2.24) is 4.98 Å². The summed E-state index contributed by atoms with van der Waals surface area (Å²) in [5.74, 6) is -1.07. The molecule has 0 amide bonds. The van der Waals surface area contributed by atoms with Gasteiger partial charge in [0.1, 0.15) is 5.15 Å². The molecule has 0 bridgehead atoms. The average molecular weight is 248 g/mol. The highest BCUT2D eigenvalue weighted by molar-refractivity contribution is 6.32. The molecule has 0 saturated heterocycles. The minimum absolute atomic E-state index is 0.00774. The van der Waals surface area contributed by atoms with Gasteiger partial charge in [-0.3, -0.25) is 0 Å². The van der Waals surface area contributed by atoms with E-state index in [0.717, 1.165) is 16.7 Å². The second-order valence-electron chi connectivity index (χ2n) is 3.73. The number of hydrogen-bond donors (Lipinski definition) is 1. The number of benzene rings is 1. The molecule has 4 heteroatoms. The Bertz CT molecular complexity index is 564. The third kappa shape index (κ3) is 2.45. The van der Waals surface area contributed by atoms with Gasteiger partial charge in [-0.25, -0.2) is 9.78 Å². The average Bonchev–Trinajstić information content (AvgIpc) is 2.30. The Balaban J connectivity index is 2.50. The number of pyridine rings is 1. The summed E-state index contributed by atoms with van der Waals surface area (Å²) in [4.78, 5) is 14.8. The number of aryl methyl sites for hydroxylation is 1. The zero-order valence-electron chi connectivity index (χ0n) is 9.14. The van der Waals surface area contributed by atoms with E-state index in [9.17, 15) is 4.79 Å². The first-order valence-electron chi connectivity index (χ1n) is 5.04. The maximum Gasteiger partial charge on any atom is 0.338 e. The molecule has 1 N–H and O–H groups in total. The van der Waals surface area contributed by atoms with E-state index in [1.807, 2.05) is 31.2 Å². The minimum atomic E-state index is -1.07. The Labute approximate surface area is 104 Å². The lowest BCUT2D eigenvalue weighted by Crippen LogP contribution is -1.99. The van der Waals surface area contributed by atoms with Gasteiger partial charge in [0, 0.05) is 11.8 Å². The van der Waals surface area contributed by atoms with E-state index in [2.05, 4.69) is 4.98 Å². The fourth-order valence-corrected chi connectivity index (χ4v) is 1.69. The lowest BCUT2D eigenvalue weighted by molar-refractivity contribution is 0.0696. The van der Waals surface area contributed by atoms with Crippen molar-refractivity contribution in [3.05, 3.63) is 52.8 Å². The minimum Gasteiger partial charge on any atom is -0.478 e. The van der Waals surface area contributed by atoms with Crippen molar-refractivity contribution < 1.29 is 9.90 Å². The molecule has 0 aliphatic rings. The molecular formula is C13H10ClNO2. The van der Waals surface area contributed by atoms with Crippen LogP contribution in [0.2, 0.25) is 5.15 Å². The van der Waals surface area contributed by atoms with Crippen LogP contribution in [0.15, 0.2) is 36.5 Å². The summed E-state index contributed by atoms with van der Waals surface area (Å²) >= 11 is 5.71. The standard InChI is InChI=1S/C13H10ClNO2/c1-8-2-4-9(5-3-8)10-6-11(13(16)17)12(14)15-7-10/h2-7H,1H3,(H,16,17). The summed E-state index contributed by atoms with van der Waals surface area (Å²) in [6.07, 6.45) is 1.57. The lowest BCUT2D eigenvalue weighted by atomic mass is 10.0. The van der Waals surface area contributed by atoms with Crippen molar-refractivity contribution in [3.8, 4) is 11.1 Å². The molecule has 86 valence electrons. The van der Waals surface area contributed by atoms with Gasteiger partial charge in [-0.05, 0) is 18.6 Å². The normalized spacial score (nSPS) is 10.2. The van der Waals surface area contributed by atoms with Crippen LogP contribution in [0.3, 0.4) is 0 Å². The van der Waals surface area contributed by atoms with Crippen LogP contribution in [0.1, 0.15) is 15.9 Å². The lowest BCUT2D eigenvalue weighted by Gasteiger charge is -2.04. The molecule has 3 nitrogen and oxygen atoms in total. The number of aromatic carboxylic acids is 1. The maximum absolute atomic E-state index is 10.9. The molecule has 0 saturated carbocycles. The molecule has 1 heterocycles. The largest absolute Gasteiger partial charge is 0.478 e. The predicted octanol–water partition coefficient (Wildman–Crippen LogP) is 3.41. The molecule has 0 spiro atoms. The maximum atomic E-state index is 10.9. The van der Waals surface area contributed by atoms with Gasteiger partial charge in [-0.2, -0.15) is 0 Å². The van der Waals surface area contributed by atoms with Gasteiger partial charge in [0.15, 0.2) is 0 Å². The molecule has 0 radical (unpaired) electrons.